The van der Waals surface area contributed by atoms with Gasteiger partial charge in [-0.25, -0.2) is 4.39 Å². The molecule has 1 fully saturated rings. The first-order valence-corrected chi connectivity index (χ1v) is 7.26. The van der Waals surface area contributed by atoms with Crippen molar-refractivity contribution in [1.29, 1.82) is 0 Å². The van der Waals surface area contributed by atoms with Crippen molar-refractivity contribution in [3.05, 3.63) is 34.3 Å². The van der Waals surface area contributed by atoms with Gasteiger partial charge < -0.3 is 4.74 Å². The van der Waals surface area contributed by atoms with Crippen LogP contribution in [0.15, 0.2) is 28.7 Å². The standard InChI is InChI=1S/C14H16BrF4NO/c1-12(2,16)7-11-8-21-13(20-11,14(17,18)19)9-3-5-10(15)6-4-9/h3-6,11,20H,7-8H2,1-2H3/t11-,13+/m0/s1. The van der Waals surface area contributed by atoms with Gasteiger partial charge in [0.25, 0.3) is 0 Å². The molecule has 1 aromatic rings. The van der Waals surface area contributed by atoms with E-state index < -0.39 is 23.6 Å². The summed E-state index contributed by atoms with van der Waals surface area (Å²) in [6.45, 7) is 2.48. The van der Waals surface area contributed by atoms with E-state index in [1.165, 1.54) is 38.1 Å². The molecule has 0 unspecified atom stereocenters. The smallest absolute Gasteiger partial charge is 0.347 e. The van der Waals surface area contributed by atoms with Gasteiger partial charge in [-0.15, -0.1) is 0 Å². The van der Waals surface area contributed by atoms with Crippen LogP contribution >= 0.6 is 15.9 Å². The lowest BCUT2D eigenvalue weighted by Crippen LogP contribution is -2.53. The topological polar surface area (TPSA) is 21.3 Å². The summed E-state index contributed by atoms with van der Waals surface area (Å²) in [6.07, 6.45) is -4.70. The number of hydrogen-bond donors (Lipinski definition) is 1. The van der Waals surface area contributed by atoms with Gasteiger partial charge in [-0.1, -0.05) is 28.1 Å². The fourth-order valence-corrected chi connectivity index (χ4v) is 2.74. The van der Waals surface area contributed by atoms with Crippen molar-refractivity contribution in [2.75, 3.05) is 6.61 Å². The third-order valence-electron chi connectivity index (χ3n) is 3.29. The minimum Gasteiger partial charge on any atom is -0.347 e. The molecule has 1 aliphatic heterocycles. The first-order valence-electron chi connectivity index (χ1n) is 6.47. The third-order valence-corrected chi connectivity index (χ3v) is 3.82. The molecule has 21 heavy (non-hydrogen) atoms. The van der Waals surface area contributed by atoms with Crippen LogP contribution in [0, 0.1) is 0 Å². The fourth-order valence-electron chi connectivity index (χ4n) is 2.47. The third kappa shape index (κ3) is 3.57. The van der Waals surface area contributed by atoms with Crippen LogP contribution in [0.1, 0.15) is 25.8 Å². The second-order valence-corrected chi connectivity index (χ2v) is 6.68. The zero-order valence-corrected chi connectivity index (χ0v) is 13.2. The van der Waals surface area contributed by atoms with Gasteiger partial charge in [-0.2, -0.15) is 13.2 Å². The maximum atomic E-state index is 13.7. The lowest BCUT2D eigenvalue weighted by atomic mass is 9.99. The molecule has 0 saturated carbocycles. The summed E-state index contributed by atoms with van der Waals surface area (Å²) < 4.78 is 59.9. The predicted molar refractivity (Wildman–Crippen MR) is 74.6 cm³/mol. The molecule has 1 N–H and O–H groups in total. The summed E-state index contributed by atoms with van der Waals surface area (Å²) in [5.74, 6) is 0. The molecule has 2 nitrogen and oxygen atoms in total. The Bertz CT molecular complexity index is 497. The largest absolute Gasteiger partial charge is 0.435 e. The molecule has 0 aliphatic carbocycles. The molecule has 0 bridgehead atoms. The lowest BCUT2D eigenvalue weighted by molar-refractivity contribution is -0.278. The normalized spacial score (nSPS) is 27.1. The minimum atomic E-state index is -4.64. The van der Waals surface area contributed by atoms with Crippen molar-refractivity contribution in [2.45, 2.75) is 43.9 Å². The maximum absolute atomic E-state index is 13.7. The maximum Gasteiger partial charge on any atom is 0.435 e. The Morgan fingerprint density at radius 1 is 1.24 bits per heavy atom. The van der Waals surface area contributed by atoms with Crippen molar-refractivity contribution in [3.8, 4) is 0 Å². The second-order valence-electron chi connectivity index (χ2n) is 5.76. The number of ether oxygens (including phenoxy) is 1. The average molecular weight is 370 g/mol. The summed E-state index contributed by atoms with van der Waals surface area (Å²) in [5, 5.41) is 2.43. The van der Waals surface area contributed by atoms with Crippen molar-refractivity contribution in [3.63, 3.8) is 0 Å². The summed E-state index contributed by atoms with van der Waals surface area (Å²) in [5.41, 5.74) is -4.19. The molecule has 0 spiro atoms. The number of halogens is 5. The van der Waals surface area contributed by atoms with Gasteiger partial charge in [0.2, 0.25) is 5.72 Å². The Labute approximate surface area is 129 Å². The number of hydrogen-bond acceptors (Lipinski definition) is 2. The van der Waals surface area contributed by atoms with Crippen LogP contribution in [-0.2, 0) is 10.5 Å². The minimum absolute atomic E-state index is 0.0441. The first kappa shape index (κ1) is 16.7. The summed E-state index contributed by atoms with van der Waals surface area (Å²) >= 11 is 3.18. The van der Waals surface area contributed by atoms with Crippen LogP contribution in [0.5, 0.6) is 0 Å². The van der Waals surface area contributed by atoms with Gasteiger partial charge in [-0.05, 0) is 32.4 Å². The van der Waals surface area contributed by atoms with Crippen molar-refractivity contribution in [2.24, 2.45) is 0 Å². The van der Waals surface area contributed by atoms with Gasteiger partial charge >= 0.3 is 6.18 Å². The predicted octanol–water partition coefficient (Wildman–Crippen LogP) is 4.29. The average Bonchev–Trinajstić information content (AvgIpc) is 2.72. The number of alkyl halides is 4. The molecule has 1 heterocycles. The van der Waals surface area contributed by atoms with E-state index >= 15 is 0 Å². The van der Waals surface area contributed by atoms with E-state index in [9.17, 15) is 17.6 Å². The molecule has 2 atom stereocenters. The number of benzene rings is 1. The molecule has 0 amide bonds. The summed E-state index contributed by atoms with van der Waals surface area (Å²) in [4.78, 5) is 0. The van der Waals surface area contributed by atoms with Gasteiger partial charge in [0.15, 0.2) is 0 Å². The fraction of sp³-hybridized carbons (Fsp3) is 0.571. The summed E-state index contributed by atoms with van der Waals surface area (Å²) in [7, 11) is 0. The highest BCUT2D eigenvalue weighted by atomic mass is 79.9. The van der Waals surface area contributed by atoms with Crippen molar-refractivity contribution >= 4 is 15.9 Å². The highest BCUT2D eigenvalue weighted by Gasteiger charge is 2.61. The highest BCUT2D eigenvalue weighted by molar-refractivity contribution is 9.10. The van der Waals surface area contributed by atoms with Crippen LogP contribution in [-0.4, -0.2) is 24.5 Å². The molecular weight excluding hydrogens is 354 g/mol. The molecule has 1 aromatic carbocycles. The van der Waals surface area contributed by atoms with E-state index in [1.807, 2.05) is 0 Å². The Hall–Kier alpha value is -0.660. The monoisotopic (exact) mass is 369 g/mol. The molecule has 7 heteroatoms. The van der Waals surface area contributed by atoms with Gasteiger partial charge in [0.05, 0.1) is 6.61 Å². The molecule has 118 valence electrons. The second kappa shape index (κ2) is 5.52. The Balaban J connectivity index is 2.31. The molecule has 0 radical (unpaired) electrons. The zero-order chi connectivity index (χ0) is 15.9. The highest BCUT2D eigenvalue weighted by Crippen LogP contribution is 2.44. The molecule has 2 rings (SSSR count). The van der Waals surface area contributed by atoms with Crippen LogP contribution in [0.25, 0.3) is 0 Å². The number of nitrogens with one attached hydrogen (secondary N) is 1. The van der Waals surface area contributed by atoms with E-state index in [4.69, 9.17) is 4.74 Å². The van der Waals surface area contributed by atoms with E-state index in [1.54, 1.807) is 0 Å². The van der Waals surface area contributed by atoms with Crippen molar-refractivity contribution in [1.82, 2.24) is 5.32 Å². The van der Waals surface area contributed by atoms with Gasteiger partial charge in [0, 0.05) is 16.1 Å². The van der Waals surface area contributed by atoms with Crippen LogP contribution < -0.4 is 5.32 Å². The van der Waals surface area contributed by atoms with E-state index in [-0.39, 0.29) is 18.6 Å². The SMILES string of the molecule is CC(C)(F)C[C@H]1CO[C@](c2ccc(Br)cc2)(C(F)(F)F)N1. The molecule has 1 saturated heterocycles. The molecule has 0 aromatic heterocycles. The van der Waals surface area contributed by atoms with E-state index in [0.717, 1.165) is 0 Å². The quantitative estimate of drug-likeness (QED) is 0.802. The van der Waals surface area contributed by atoms with Crippen LogP contribution in [0.3, 0.4) is 0 Å². The van der Waals surface area contributed by atoms with E-state index in [0.29, 0.717) is 4.47 Å². The first-order chi connectivity index (χ1) is 9.53. The van der Waals surface area contributed by atoms with Crippen LogP contribution in [0.4, 0.5) is 17.6 Å². The Morgan fingerprint density at radius 2 is 1.81 bits per heavy atom. The van der Waals surface area contributed by atoms with Gasteiger partial charge in [0.1, 0.15) is 5.67 Å². The Morgan fingerprint density at radius 3 is 2.29 bits per heavy atom. The van der Waals surface area contributed by atoms with Crippen LogP contribution in [0.2, 0.25) is 0 Å². The summed E-state index contributed by atoms with van der Waals surface area (Å²) in [6, 6.07) is 5.01. The van der Waals surface area contributed by atoms with Crippen molar-refractivity contribution < 1.29 is 22.3 Å². The van der Waals surface area contributed by atoms with E-state index in [2.05, 4.69) is 21.2 Å². The molecule has 1 aliphatic rings. The lowest BCUT2D eigenvalue weighted by Gasteiger charge is -2.32. The molecular formula is C14H16BrF4NO. The van der Waals surface area contributed by atoms with Gasteiger partial charge in [-0.3, -0.25) is 5.32 Å². The zero-order valence-electron chi connectivity index (χ0n) is 11.6. The Kier molecular flexibility index (Phi) is 4.39. The number of rotatable bonds is 3.